The summed E-state index contributed by atoms with van der Waals surface area (Å²) in [6.07, 6.45) is 0.111. The van der Waals surface area contributed by atoms with Gasteiger partial charge in [-0.3, -0.25) is 4.79 Å². The molecule has 0 aliphatic heterocycles. The van der Waals surface area contributed by atoms with Crippen LogP contribution < -0.4 is 5.32 Å². The van der Waals surface area contributed by atoms with Crippen LogP contribution in [0.4, 0.5) is 0 Å². The second-order valence-corrected chi connectivity index (χ2v) is 3.35. The van der Waals surface area contributed by atoms with Crippen molar-refractivity contribution in [3.63, 3.8) is 0 Å². The molecule has 3 heteroatoms. The Bertz CT molecular complexity index is 306. The van der Waals surface area contributed by atoms with Gasteiger partial charge in [-0.15, -0.1) is 0 Å². The lowest BCUT2D eigenvalue weighted by Gasteiger charge is -2.14. The third kappa shape index (κ3) is 2.85. The molecule has 3 nitrogen and oxygen atoms in total. The zero-order chi connectivity index (χ0) is 10.6. The lowest BCUT2D eigenvalue weighted by molar-refractivity contribution is -0.137. The number of carboxylic acid groups (broad SMARTS) is 1. The van der Waals surface area contributed by atoms with Crippen LogP contribution in [0.3, 0.4) is 0 Å². The van der Waals surface area contributed by atoms with Gasteiger partial charge in [0.2, 0.25) is 0 Å². The quantitative estimate of drug-likeness (QED) is 0.765. The summed E-state index contributed by atoms with van der Waals surface area (Å²) in [5.74, 6) is -0.787. The molecule has 0 aliphatic rings. The smallest absolute Gasteiger partial charge is 0.305 e. The highest BCUT2D eigenvalue weighted by molar-refractivity contribution is 5.67. The third-order valence-electron chi connectivity index (χ3n) is 2.21. The predicted molar refractivity (Wildman–Crippen MR) is 55.2 cm³/mol. The molecule has 0 amide bonds. The SMILES string of the molecule is CNC(CC(=O)O)c1ccc(C)cc1. The summed E-state index contributed by atoms with van der Waals surface area (Å²) in [7, 11) is 1.77. The topological polar surface area (TPSA) is 49.3 Å². The van der Waals surface area contributed by atoms with Gasteiger partial charge in [0.05, 0.1) is 6.42 Å². The number of carbonyl (C=O) groups is 1. The molecule has 1 atom stereocenters. The molecule has 0 radical (unpaired) electrons. The molecule has 1 aromatic rings. The summed E-state index contributed by atoms with van der Waals surface area (Å²) in [6, 6.07) is 7.79. The Morgan fingerprint density at radius 2 is 2.00 bits per heavy atom. The number of hydrogen-bond acceptors (Lipinski definition) is 2. The lowest BCUT2D eigenvalue weighted by atomic mass is 10.0. The van der Waals surface area contributed by atoms with E-state index in [4.69, 9.17) is 5.11 Å². The standard InChI is InChI=1S/C11H15NO2/c1-8-3-5-9(6-4-8)10(12-2)7-11(13)14/h3-6,10,12H,7H2,1-2H3,(H,13,14). The predicted octanol–water partition coefficient (Wildman–Crippen LogP) is 1.73. The van der Waals surface area contributed by atoms with E-state index in [9.17, 15) is 4.79 Å². The first-order valence-electron chi connectivity index (χ1n) is 4.59. The molecule has 76 valence electrons. The van der Waals surface area contributed by atoms with Gasteiger partial charge < -0.3 is 10.4 Å². The summed E-state index contributed by atoms with van der Waals surface area (Å²) in [6.45, 7) is 2.01. The minimum absolute atomic E-state index is 0.104. The molecule has 1 aromatic carbocycles. The number of aryl methyl sites for hydroxylation is 1. The van der Waals surface area contributed by atoms with E-state index in [0.717, 1.165) is 5.56 Å². The highest BCUT2D eigenvalue weighted by atomic mass is 16.4. The van der Waals surface area contributed by atoms with Crippen molar-refractivity contribution in [3.05, 3.63) is 35.4 Å². The van der Waals surface area contributed by atoms with Crippen molar-refractivity contribution in [2.45, 2.75) is 19.4 Å². The Morgan fingerprint density at radius 3 is 2.43 bits per heavy atom. The number of carboxylic acids is 1. The van der Waals surface area contributed by atoms with Crippen LogP contribution in [0.15, 0.2) is 24.3 Å². The third-order valence-corrected chi connectivity index (χ3v) is 2.21. The van der Waals surface area contributed by atoms with E-state index in [0.29, 0.717) is 0 Å². The summed E-state index contributed by atoms with van der Waals surface area (Å²) >= 11 is 0. The molecule has 0 bridgehead atoms. The van der Waals surface area contributed by atoms with E-state index in [-0.39, 0.29) is 12.5 Å². The second-order valence-electron chi connectivity index (χ2n) is 3.35. The molecule has 0 saturated carbocycles. The average Bonchev–Trinajstić information content (AvgIpc) is 2.15. The molecule has 1 unspecified atom stereocenters. The Balaban J connectivity index is 2.78. The van der Waals surface area contributed by atoms with Crippen molar-refractivity contribution >= 4 is 5.97 Å². The number of rotatable bonds is 4. The van der Waals surface area contributed by atoms with E-state index >= 15 is 0 Å². The number of aliphatic carboxylic acids is 1. The van der Waals surface area contributed by atoms with Gasteiger partial charge in [-0.25, -0.2) is 0 Å². The molecule has 0 fully saturated rings. The van der Waals surface area contributed by atoms with E-state index in [1.807, 2.05) is 31.2 Å². The molecule has 14 heavy (non-hydrogen) atoms. The van der Waals surface area contributed by atoms with Gasteiger partial charge in [0, 0.05) is 6.04 Å². The maximum Gasteiger partial charge on any atom is 0.305 e. The fourth-order valence-electron chi connectivity index (χ4n) is 1.36. The van der Waals surface area contributed by atoms with Gasteiger partial charge in [0.15, 0.2) is 0 Å². The van der Waals surface area contributed by atoms with Gasteiger partial charge in [0.25, 0.3) is 0 Å². The fraction of sp³-hybridized carbons (Fsp3) is 0.364. The Hall–Kier alpha value is -1.35. The zero-order valence-electron chi connectivity index (χ0n) is 8.45. The maximum atomic E-state index is 10.6. The van der Waals surface area contributed by atoms with Crippen molar-refractivity contribution in [1.29, 1.82) is 0 Å². The first kappa shape index (κ1) is 10.7. The lowest BCUT2D eigenvalue weighted by Crippen LogP contribution is -2.19. The highest BCUT2D eigenvalue weighted by Gasteiger charge is 2.12. The molecule has 0 aromatic heterocycles. The van der Waals surface area contributed by atoms with Crippen molar-refractivity contribution in [1.82, 2.24) is 5.32 Å². The molecule has 0 aliphatic carbocycles. The van der Waals surface area contributed by atoms with Crippen LogP contribution in [-0.2, 0) is 4.79 Å². The monoisotopic (exact) mass is 193 g/mol. The fourth-order valence-corrected chi connectivity index (χ4v) is 1.36. The normalized spacial score (nSPS) is 12.4. The van der Waals surface area contributed by atoms with Crippen molar-refractivity contribution < 1.29 is 9.90 Å². The Kier molecular flexibility index (Phi) is 3.65. The van der Waals surface area contributed by atoms with Crippen molar-refractivity contribution in [2.75, 3.05) is 7.05 Å². The van der Waals surface area contributed by atoms with Crippen LogP contribution in [-0.4, -0.2) is 18.1 Å². The summed E-state index contributed by atoms with van der Waals surface area (Å²) in [5.41, 5.74) is 2.19. The van der Waals surface area contributed by atoms with Gasteiger partial charge in [-0.05, 0) is 19.5 Å². The molecular formula is C11H15NO2. The second kappa shape index (κ2) is 4.77. The number of hydrogen-bond donors (Lipinski definition) is 2. The Labute approximate surface area is 83.8 Å². The zero-order valence-corrected chi connectivity index (χ0v) is 8.45. The molecule has 2 N–H and O–H groups in total. The molecule has 1 rings (SSSR count). The van der Waals surface area contributed by atoms with Crippen molar-refractivity contribution in [3.8, 4) is 0 Å². The van der Waals surface area contributed by atoms with E-state index < -0.39 is 5.97 Å². The number of nitrogens with one attached hydrogen (secondary N) is 1. The summed E-state index contributed by atoms with van der Waals surface area (Å²) in [4.78, 5) is 10.6. The van der Waals surface area contributed by atoms with Gasteiger partial charge >= 0.3 is 5.97 Å². The molecular weight excluding hydrogens is 178 g/mol. The first-order valence-corrected chi connectivity index (χ1v) is 4.59. The van der Waals surface area contributed by atoms with Crippen LogP contribution in [0.1, 0.15) is 23.6 Å². The van der Waals surface area contributed by atoms with E-state index in [1.165, 1.54) is 5.56 Å². The van der Waals surface area contributed by atoms with Crippen LogP contribution >= 0.6 is 0 Å². The Morgan fingerprint density at radius 1 is 1.43 bits per heavy atom. The summed E-state index contributed by atoms with van der Waals surface area (Å²) in [5, 5.41) is 11.7. The minimum atomic E-state index is -0.787. The summed E-state index contributed by atoms with van der Waals surface area (Å²) < 4.78 is 0. The van der Waals surface area contributed by atoms with E-state index in [1.54, 1.807) is 7.05 Å². The minimum Gasteiger partial charge on any atom is -0.481 e. The van der Waals surface area contributed by atoms with Gasteiger partial charge in [-0.2, -0.15) is 0 Å². The number of benzene rings is 1. The largest absolute Gasteiger partial charge is 0.481 e. The maximum absolute atomic E-state index is 10.6. The van der Waals surface area contributed by atoms with Gasteiger partial charge in [0.1, 0.15) is 0 Å². The van der Waals surface area contributed by atoms with Crippen LogP contribution in [0, 0.1) is 6.92 Å². The van der Waals surface area contributed by atoms with Crippen LogP contribution in [0.25, 0.3) is 0 Å². The molecule has 0 saturated heterocycles. The van der Waals surface area contributed by atoms with E-state index in [2.05, 4.69) is 5.32 Å². The van der Waals surface area contributed by atoms with Crippen LogP contribution in [0.5, 0.6) is 0 Å². The van der Waals surface area contributed by atoms with Gasteiger partial charge in [-0.1, -0.05) is 29.8 Å². The molecule has 0 spiro atoms. The van der Waals surface area contributed by atoms with Crippen molar-refractivity contribution in [2.24, 2.45) is 0 Å². The average molecular weight is 193 g/mol. The van der Waals surface area contributed by atoms with Crippen LogP contribution in [0.2, 0.25) is 0 Å². The first-order chi connectivity index (χ1) is 6.63. The molecule has 0 heterocycles. The highest BCUT2D eigenvalue weighted by Crippen LogP contribution is 2.16.